The summed E-state index contributed by atoms with van der Waals surface area (Å²) in [5.41, 5.74) is 1.34. The van der Waals surface area contributed by atoms with Crippen molar-refractivity contribution in [3.05, 3.63) is 48.1 Å². The van der Waals surface area contributed by atoms with E-state index in [9.17, 15) is 8.78 Å². The summed E-state index contributed by atoms with van der Waals surface area (Å²) in [5, 5.41) is 0. The van der Waals surface area contributed by atoms with E-state index in [4.69, 9.17) is 0 Å². The third-order valence-corrected chi connectivity index (χ3v) is 7.71. The fourth-order valence-electron chi connectivity index (χ4n) is 5.73. The van der Waals surface area contributed by atoms with Crippen LogP contribution in [0.15, 0.2) is 36.7 Å². The Morgan fingerprint density at radius 2 is 1.24 bits per heavy atom. The van der Waals surface area contributed by atoms with Gasteiger partial charge in [-0.15, -0.1) is 0 Å². The SMILES string of the molecule is F/C=C/CCCCCC1CCC(CCC2CCC(c3ccc(F)cc3)CC2)CC1. The van der Waals surface area contributed by atoms with Crippen molar-refractivity contribution in [1.82, 2.24) is 0 Å². The molecular weight excluding hydrogens is 362 g/mol. The number of unbranched alkanes of at least 4 members (excludes halogenated alkanes) is 3. The maximum atomic E-state index is 13.1. The van der Waals surface area contributed by atoms with Crippen LogP contribution in [0.3, 0.4) is 0 Å². The third-order valence-electron chi connectivity index (χ3n) is 7.71. The molecule has 0 spiro atoms. The van der Waals surface area contributed by atoms with Gasteiger partial charge in [0.25, 0.3) is 0 Å². The first kappa shape index (κ1) is 22.5. The van der Waals surface area contributed by atoms with Gasteiger partial charge in [0.2, 0.25) is 0 Å². The zero-order chi connectivity index (χ0) is 20.3. The van der Waals surface area contributed by atoms with Crippen LogP contribution in [0.2, 0.25) is 0 Å². The zero-order valence-electron chi connectivity index (χ0n) is 18.1. The summed E-state index contributed by atoms with van der Waals surface area (Å²) in [4.78, 5) is 0. The van der Waals surface area contributed by atoms with Crippen LogP contribution < -0.4 is 0 Å². The van der Waals surface area contributed by atoms with E-state index in [1.807, 2.05) is 12.1 Å². The van der Waals surface area contributed by atoms with Crippen molar-refractivity contribution < 1.29 is 8.78 Å². The normalized spacial score (nSPS) is 28.1. The fourth-order valence-corrected chi connectivity index (χ4v) is 5.73. The molecule has 0 radical (unpaired) electrons. The van der Waals surface area contributed by atoms with Crippen LogP contribution in [-0.4, -0.2) is 0 Å². The Morgan fingerprint density at radius 3 is 1.83 bits per heavy atom. The van der Waals surface area contributed by atoms with Crippen LogP contribution in [0.4, 0.5) is 8.78 Å². The highest BCUT2D eigenvalue weighted by Gasteiger charge is 2.25. The minimum absolute atomic E-state index is 0.122. The minimum atomic E-state index is -0.122. The smallest absolute Gasteiger partial charge is 0.123 e. The Kier molecular flexibility index (Phi) is 9.70. The van der Waals surface area contributed by atoms with E-state index in [2.05, 4.69) is 0 Å². The van der Waals surface area contributed by atoms with Gasteiger partial charge in [-0.05, 0) is 79.9 Å². The van der Waals surface area contributed by atoms with Crippen molar-refractivity contribution in [2.45, 2.75) is 102 Å². The standard InChI is InChI=1S/C27H40F2/c28-21-5-3-1-2-4-6-22-7-9-23(10-8-22)11-12-24-13-15-25(16-14-24)26-17-19-27(29)20-18-26/h5,17-25H,1-4,6-16H2/b21-5+. The lowest BCUT2D eigenvalue weighted by Crippen LogP contribution is -2.17. The molecule has 1 aromatic carbocycles. The van der Waals surface area contributed by atoms with E-state index < -0.39 is 0 Å². The second-order valence-corrected chi connectivity index (χ2v) is 9.73. The van der Waals surface area contributed by atoms with Crippen molar-refractivity contribution in [1.29, 1.82) is 0 Å². The molecule has 3 rings (SSSR count). The molecule has 0 amide bonds. The predicted octanol–water partition coefficient (Wildman–Crippen LogP) is 9.12. The highest BCUT2D eigenvalue weighted by molar-refractivity contribution is 5.20. The predicted molar refractivity (Wildman–Crippen MR) is 119 cm³/mol. The maximum Gasteiger partial charge on any atom is 0.123 e. The van der Waals surface area contributed by atoms with Crippen LogP contribution in [0.5, 0.6) is 0 Å². The van der Waals surface area contributed by atoms with Crippen LogP contribution in [0.1, 0.15) is 108 Å². The molecule has 2 saturated carbocycles. The van der Waals surface area contributed by atoms with Gasteiger partial charge in [-0.25, -0.2) is 8.78 Å². The molecule has 0 saturated heterocycles. The molecule has 0 bridgehead atoms. The van der Waals surface area contributed by atoms with Crippen molar-refractivity contribution >= 4 is 0 Å². The molecule has 0 unspecified atom stereocenters. The van der Waals surface area contributed by atoms with E-state index in [1.54, 1.807) is 18.2 Å². The van der Waals surface area contributed by atoms with Crippen molar-refractivity contribution in [3.63, 3.8) is 0 Å². The summed E-state index contributed by atoms with van der Waals surface area (Å²) >= 11 is 0. The van der Waals surface area contributed by atoms with Gasteiger partial charge in [0.15, 0.2) is 0 Å². The largest absolute Gasteiger partial charge is 0.216 e. The van der Waals surface area contributed by atoms with Gasteiger partial charge in [0, 0.05) is 0 Å². The van der Waals surface area contributed by atoms with Gasteiger partial charge in [-0.1, -0.05) is 76.0 Å². The van der Waals surface area contributed by atoms with E-state index in [-0.39, 0.29) is 5.82 Å². The summed E-state index contributed by atoms with van der Waals surface area (Å²) in [6.07, 6.45) is 22.2. The molecule has 2 fully saturated rings. The van der Waals surface area contributed by atoms with Crippen LogP contribution in [0, 0.1) is 23.6 Å². The van der Waals surface area contributed by atoms with Gasteiger partial charge < -0.3 is 0 Å². The van der Waals surface area contributed by atoms with E-state index in [1.165, 1.54) is 89.0 Å². The Hall–Kier alpha value is -1.18. The topological polar surface area (TPSA) is 0 Å². The summed E-state index contributed by atoms with van der Waals surface area (Å²) in [6.45, 7) is 0. The molecule has 0 heterocycles. The van der Waals surface area contributed by atoms with E-state index in [0.717, 1.165) is 30.6 Å². The number of hydrogen-bond acceptors (Lipinski definition) is 0. The molecule has 2 aliphatic carbocycles. The highest BCUT2D eigenvalue weighted by atomic mass is 19.1. The molecule has 0 aromatic heterocycles. The van der Waals surface area contributed by atoms with Crippen molar-refractivity contribution in [3.8, 4) is 0 Å². The lowest BCUT2D eigenvalue weighted by atomic mass is 9.74. The molecule has 0 N–H and O–H groups in total. The first-order valence-electron chi connectivity index (χ1n) is 12.2. The third kappa shape index (κ3) is 7.87. The molecule has 29 heavy (non-hydrogen) atoms. The maximum absolute atomic E-state index is 13.1. The lowest BCUT2D eigenvalue weighted by Gasteiger charge is -2.32. The molecular formula is C27H40F2. The molecule has 0 aliphatic heterocycles. The Bertz CT molecular complexity index is 575. The summed E-state index contributed by atoms with van der Waals surface area (Å²) in [6, 6.07) is 7.20. The summed E-state index contributed by atoms with van der Waals surface area (Å²) in [5.74, 6) is 3.37. The Labute approximate surface area is 177 Å². The number of allylic oxidation sites excluding steroid dienone is 1. The van der Waals surface area contributed by atoms with Gasteiger partial charge in [0.05, 0.1) is 6.33 Å². The average molecular weight is 403 g/mol. The molecule has 2 heteroatoms. The van der Waals surface area contributed by atoms with Crippen molar-refractivity contribution in [2.75, 3.05) is 0 Å². The summed E-state index contributed by atoms with van der Waals surface area (Å²) < 4.78 is 25.0. The monoisotopic (exact) mass is 402 g/mol. The van der Waals surface area contributed by atoms with Gasteiger partial charge in [-0.2, -0.15) is 0 Å². The number of halogens is 2. The Balaban J connectivity index is 1.24. The number of hydrogen-bond donors (Lipinski definition) is 0. The van der Waals surface area contributed by atoms with Gasteiger partial charge in [0.1, 0.15) is 5.82 Å². The van der Waals surface area contributed by atoms with Gasteiger partial charge >= 0.3 is 0 Å². The molecule has 162 valence electrons. The fraction of sp³-hybridized carbons (Fsp3) is 0.704. The molecule has 0 nitrogen and oxygen atoms in total. The minimum Gasteiger partial charge on any atom is -0.216 e. The molecule has 2 aliphatic rings. The lowest BCUT2D eigenvalue weighted by molar-refractivity contribution is 0.222. The van der Waals surface area contributed by atoms with Crippen LogP contribution in [0.25, 0.3) is 0 Å². The molecule has 1 aromatic rings. The average Bonchev–Trinajstić information content (AvgIpc) is 2.76. The second-order valence-electron chi connectivity index (χ2n) is 9.73. The zero-order valence-corrected chi connectivity index (χ0v) is 18.1. The van der Waals surface area contributed by atoms with Crippen LogP contribution >= 0.6 is 0 Å². The van der Waals surface area contributed by atoms with Crippen molar-refractivity contribution in [2.24, 2.45) is 17.8 Å². The first-order valence-corrected chi connectivity index (χ1v) is 12.2. The van der Waals surface area contributed by atoms with E-state index in [0.29, 0.717) is 12.2 Å². The highest BCUT2D eigenvalue weighted by Crippen LogP contribution is 2.40. The second kappa shape index (κ2) is 12.5. The van der Waals surface area contributed by atoms with Gasteiger partial charge in [-0.3, -0.25) is 0 Å². The molecule has 0 atom stereocenters. The summed E-state index contributed by atoms with van der Waals surface area (Å²) in [7, 11) is 0. The number of benzene rings is 1. The van der Waals surface area contributed by atoms with Crippen LogP contribution in [-0.2, 0) is 0 Å². The number of rotatable bonds is 10. The quantitative estimate of drug-likeness (QED) is 0.342. The first-order chi connectivity index (χ1) is 14.2. The van der Waals surface area contributed by atoms with E-state index >= 15 is 0 Å². The Morgan fingerprint density at radius 1 is 0.690 bits per heavy atom.